The lowest BCUT2D eigenvalue weighted by atomic mass is 10.1. The van der Waals surface area contributed by atoms with Crippen LogP contribution in [0.4, 0.5) is 5.69 Å². The van der Waals surface area contributed by atoms with Crippen LogP contribution >= 0.6 is 0 Å². The van der Waals surface area contributed by atoms with E-state index in [9.17, 15) is 14.7 Å². The number of phenols is 1. The summed E-state index contributed by atoms with van der Waals surface area (Å²) in [5.74, 6) is 0.664. The second kappa shape index (κ2) is 9.19. The van der Waals surface area contributed by atoms with Crippen LogP contribution in [0.3, 0.4) is 0 Å². The van der Waals surface area contributed by atoms with Crippen LogP contribution in [0.5, 0.6) is 5.75 Å². The van der Waals surface area contributed by atoms with Crippen molar-refractivity contribution in [3.63, 3.8) is 0 Å². The van der Waals surface area contributed by atoms with Crippen LogP contribution in [0.2, 0.25) is 0 Å². The third-order valence-electron chi connectivity index (χ3n) is 5.68. The molecule has 0 aliphatic carbocycles. The van der Waals surface area contributed by atoms with Crippen molar-refractivity contribution in [2.24, 2.45) is 0 Å². The highest BCUT2D eigenvalue weighted by Gasteiger charge is 2.30. The fourth-order valence-electron chi connectivity index (χ4n) is 3.92. The molecule has 0 spiro atoms. The molecule has 2 heterocycles. The number of anilines is 1. The van der Waals surface area contributed by atoms with Gasteiger partial charge in [-0.2, -0.15) is 0 Å². The highest BCUT2D eigenvalue weighted by atomic mass is 16.5. The van der Waals surface area contributed by atoms with Crippen molar-refractivity contribution in [2.75, 3.05) is 12.0 Å². The van der Waals surface area contributed by atoms with Gasteiger partial charge >= 0.3 is 5.97 Å². The predicted molar refractivity (Wildman–Crippen MR) is 133 cm³/mol. The Morgan fingerprint density at radius 3 is 2.29 bits per heavy atom. The molecule has 0 radical (unpaired) electrons. The van der Waals surface area contributed by atoms with E-state index in [4.69, 9.17) is 9.15 Å². The Hall–Kier alpha value is -4.84. The van der Waals surface area contributed by atoms with Gasteiger partial charge in [0, 0.05) is 16.8 Å². The standard InChI is InChI=1S/C29H21NO5/c1-34-29(33)21-9-7-20(8-10-21)27-16-15-25(35-27)17-22-18-26(19-5-3-2-4-6-19)30(28(22)32)23-11-13-24(31)14-12-23/h2-18,31H,1H3/b22-17+. The first-order valence-corrected chi connectivity index (χ1v) is 10.9. The molecular formula is C29H21NO5. The number of hydrogen-bond donors (Lipinski definition) is 1. The summed E-state index contributed by atoms with van der Waals surface area (Å²) in [4.78, 5) is 26.7. The van der Waals surface area contributed by atoms with Crippen molar-refractivity contribution in [3.8, 4) is 17.1 Å². The van der Waals surface area contributed by atoms with Gasteiger partial charge in [-0.25, -0.2) is 4.79 Å². The molecule has 172 valence electrons. The number of nitrogens with zero attached hydrogens (tertiary/aromatic N) is 1. The number of amides is 1. The van der Waals surface area contributed by atoms with Gasteiger partial charge in [0.05, 0.1) is 18.4 Å². The van der Waals surface area contributed by atoms with Gasteiger partial charge in [0.1, 0.15) is 17.3 Å². The number of rotatable bonds is 5. The lowest BCUT2D eigenvalue weighted by Gasteiger charge is -2.20. The van der Waals surface area contributed by atoms with Gasteiger partial charge in [0.15, 0.2) is 0 Å². The molecule has 1 N–H and O–H groups in total. The van der Waals surface area contributed by atoms with E-state index in [0.29, 0.717) is 28.3 Å². The Labute approximate surface area is 202 Å². The number of hydrogen-bond acceptors (Lipinski definition) is 5. The summed E-state index contributed by atoms with van der Waals surface area (Å²) in [5, 5.41) is 9.68. The molecule has 1 amide bonds. The molecule has 5 rings (SSSR count). The Balaban J connectivity index is 1.48. The van der Waals surface area contributed by atoms with Crippen molar-refractivity contribution in [3.05, 3.63) is 120 Å². The number of phenolic OH excluding ortho intramolecular Hbond substituents is 1. The van der Waals surface area contributed by atoms with Crippen molar-refractivity contribution < 1.29 is 23.8 Å². The SMILES string of the molecule is COC(=O)c1ccc(-c2ccc(/C=C3\C=C(c4ccccc4)N(c4ccc(O)cc4)C3=O)o2)cc1. The minimum Gasteiger partial charge on any atom is -0.508 e. The second-order valence-electron chi connectivity index (χ2n) is 7.92. The third-order valence-corrected chi connectivity index (χ3v) is 5.68. The Morgan fingerprint density at radius 1 is 0.886 bits per heavy atom. The molecule has 0 saturated heterocycles. The van der Waals surface area contributed by atoms with Crippen LogP contribution in [0.25, 0.3) is 23.1 Å². The van der Waals surface area contributed by atoms with Crippen molar-refractivity contribution in [1.29, 1.82) is 0 Å². The molecule has 0 atom stereocenters. The molecule has 0 saturated carbocycles. The predicted octanol–water partition coefficient (Wildman–Crippen LogP) is 5.91. The fourth-order valence-corrected chi connectivity index (χ4v) is 3.92. The minimum absolute atomic E-state index is 0.129. The van der Waals surface area contributed by atoms with Gasteiger partial charge < -0.3 is 14.3 Å². The maximum absolute atomic E-state index is 13.4. The summed E-state index contributed by atoms with van der Waals surface area (Å²) in [6.45, 7) is 0. The zero-order chi connectivity index (χ0) is 24.4. The third kappa shape index (κ3) is 4.37. The summed E-state index contributed by atoms with van der Waals surface area (Å²) < 4.78 is 10.7. The van der Waals surface area contributed by atoms with Gasteiger partial charge in [-0.05, 0) is 66.2 Å². The minimum atomic E-state index is -0.402. The van der Waals surface area contributed by atoms with E-state index in [-0.39, 0.29) is 11.7 Å². The maximum atomic E-state index is 13.4. The van der Waals surface area contributed by atoms with Gasteiger partial charge in [0.25, 0.3) is 5.91 Å². The number of benzene rings is 3. The molecule has 35 heavy (non-hydrogen) atoms. The van der Waals surface area contributed by atoms with E-state index in [0.717, 1.165) is 16.8 Å². The van der Waals surface area contributed by atoms with Crippen molar-refractivity contribution in [1.82, 2.24) is 0 Å². The smallest absolute Gasteiger partial charge is 0.337 e. The molecule has 1 aliphatic rings. The van der Waals surface area contributed by atoms with Crippen molar-refractivity contribution >= 4 is 29.3 Å². The topological polar surface area (TPSA) is 80.0 Å². The van der Waals surface area contributed by atoms with Crippen LogP contribution in [-0.4, -0.2) is 24.1 Å². The molecule has 4 aromatic rings. The van der Waals surface area contributed by atoms with Crippen molar-refractivity contribution in [2.45, 2.75) is 0 Å². The molecule has 0 fully saturated rings. The van der Waals surface area contributed by atoms with E-state index >= 15 is 0 Å². The van der Waals surface area contributed by atoms with Gasteiger partial charge in [-0.1, -0.05) is 42.5 Å². The Morgan fingerprint density at radius 2 is 1.60 bits per heavy atom. The van der Waals surface area contributed by atoms with Crippen LogP contribution in [-0.2, 0) is 9.53 Å². The zero-order valence-corrected chi connectivity index (χ0v) is 18.8. The fraction of sp³-hybridized carbons (Fsp3) is 0.0345. The zero-order valence-electron chi connectivity index (χ0n) is 18.8. The number of aromatic hydroxyl groups is 1. The summed E-state index contributed by atoms with van der Waals surface area (Å²) in [6, 6.07) is 26.7. The van der Waals surface area contributed by atoms with Crippen LogP contribution in [0.1, 0.15) is 21.7 Å². The molecule has 1 aromatic heterocycles. The lowest BCUT2D eigenvalue weighted by Crippen LogP contribution is -2.24. The number of carbonyl (C=O) groups is 2. The number of furan rings is 1. The monoisotopic (exact) mass is 463 g/mol. The largest absolute Gasteiger partial charge is 0.508 e. The van der Waals surface area contributed by atoms with E-state index in [1.54, 1.807) is 65.6 Å². The molecule has 0 bridgehead atoms. The first kappa shape index (κ1) is 22.0. The number of methoxy groups -OCH3 is 1. The highest BCUT2D eigenvalue weighted by molar-refractivity contribution is 6.23. The Kier molecular flexibility index (Phi) is 5.77. The summed E-state index contributed by atoms with van der Waals surface area (Å²) in [6.07, 6.45) is 3.54. The number of carbonyl (C=O) groups excluding carboxylic acids is 2. The van der Waals surface area contributed by atoms with Gasteiger partial charge in [-0.15, -0.1) is 0 Å². The Bertz CT molecular complexity index is 1450. The van der Waals surface area contributed by atoms with Gasteiger partial charge in [0.2, 0.25) is 0 Å². The summed E-state index contributed by atoms with van der Waals surface area (Å²) >= 11 is 0. The molecule has 0 unspecified atom stereocenters. The average molecular weight is 463 g/mol. The first-order valence-electron chi connectivity index (χ1n) is 10.9. The number of ether oxygens (including phenoxy) is 1. The van der Waals surface area contributed by atoms with E-state index in [1.165, 1.54) is 7.11 Å². The molecular weight excluding hydrogens is 442 g/mol. The number of esters is 1. The maximum Gasteiger partial charge on any atom is 0.337 e. The molecule has 1 aliphatic heterocycles. The normalized spacial score (nSPS) is 14.3. The summed E-state index contributed by atoms with van der Waals surface area (Å²) in [5.41, 5.74) is 4.00. The van der Waals surface area contributed by atoms with Crippen LogP contribution in [0, 0.1) is 0 Å². The quantitative estimate of drug-likeness (QED) is 0.294. The van der Waals surface area contributed by atoms with Gasteiger partial charge in [-0.3, -0.25) is 9.69 Å². The molecule has 3 aromatic carbocycles. The average Bonchev–Trinajstić information content (AvgIpc) is 3.49. The van der Waals surface area contributed by atoms with E-state index in [1.807, 2.05) is 42.5 Å². The van der Waals surface area contributed by atoms with E-state index in [2.05, 4.69) is 0 Å². The van der Waals surface area contributed by atoms with E-state index < -0.39 is 5.97 Å². The summed E-state index contributed by atoms with van der Waals surface area (Å²) in [7, 11) is 1.34. The first-order chi connectivity index (χ1) is 17.0. The van der Waals surface area contributed by atoms with Crippen LogP contribution < -0.4 is 4.90 Å². The lowest BCUT2D eigenvalue weighted by molar-refractivity contribution is -0.113. The molecule has 6 nitrogen and oxygen atoms in total. The molecule has 6 heteroatoms. The van der Waals surface area contributed by atoms with Crippen LogP contribution in [0.15, 0.2) is 107 Å². The second-order valence-corrected chi connectivity index (χ2v) is 7.92. The highest BCUT2D eigenvalue weighted by Crippen LogP contribution is 2.36.